The molecule has 0 aliphatic carbocycles. The molecule has 2 aromatic rings. The van der Waals surface area contributed by atoms with Crippen LogP contribution in [0.5, 0.6) is 5.75 Å². The molecule has 7 heteroatoms. The van der Waals surface area contributed by atoms with Crippen LogP contribution in [0.15, 0.2) is 36.4 Å². The molecule has 0 saturated heterocycles. The lowest BCUT2D eigenvalue weighted by Crippen LogP contribution is -2.35. The van der Waals surface area contributed by atoms with Crippen LogP contribution in [-0.2, 0) is 9.59 Å². The fourth-order valence-electron chi connectivity index (χ4n) is 2.18. The molecular weight excluding hydrogens is 363 g/mol. The van der Waals surface area contributed by atoms with Gasteiger partial charge in [0.15, 0.2) is 6.61 Å². The smallest absolute Gasteiger partial charge is 0.258 e. The first-order valence-corrected chi connectivity index (χ1v) is 8.32. The first-order valence-electron chi connectivity index (χ1n) is 7.56. The third kappa shape index (κ3) is 6.29. The molecule has 0 fully saturated rings. The molecule has 0 atom stereocenters. The highest BCUT2D eigenvalue weighted by Gasteiger charge is 2.09. The van der Waals surface area contributed by atoms with E-state index in [1.165, 1.54) is 6.07 Å². The van der Waals surface area contributed by atoms with Crippen molar-refractivity contribution in [3.8, 4) is 5.75 Å². The van der Waals surface area contributed by atoms with E-state index >= 15 is 0 Å². The van der Waals surface area contributed by atoms with Gasteiger partial charge < -0.3 is 15.4 Å². The average molecular weight is 381 g/mol. The monoisotopic (exact) mass is 380 g/mol. The summed E-state index contributed by atoms with van der Waals surface area (Å²) in [5, 5.41) is 5.88. The summed E-state index contributed by atoms with van der Waals surface area (Å²) in [4.78, 5) is 23.7. The zero-order valence-corrected chi connectivity index (χ0v) is 15.4. The van der Waals surface area contributed by atoms with Crippen LogP contribution in [0.1, 0.15) is 11.1 Å². The van der Waals surface area contributed by atoms with Gasteiger partial charge in [0.05, 0.1) is 17.3 Å². The Bertz CT molecular complexity index is 774. The Balaban J connectivity index is 1.79. The summed E-state index contributed by atoms with van der Waals surface area (Å²) in [6, 6.07) is 10.4. The predicted octanol–water partition coefficient (Wildman–Crippen LogP) is 3.74. The van der Waals surface area contributed by atoms with Crippen molar-refractivity contribution >= 4 is 40.7 Å². The lowest BCUT2D eigenvalue weighted by atomic mass is 10.1. The molecular formula is C18H18Cl2N2O3. The molecule has 0 radical (unpaired) electrons. The molecule has 0 aliphatic heterocycles. The highest BCUT2D eigenvalue weighted by molar-refractivity contribution is 6.35. The maximum Gasteiger partial charge on any atom is 0.258 e. The van der Waals surface area contributed by atoms with E-state index in [0.29, 0.717) is 21.5 Å². The Morgan fingerprint density at radius 2 is 1.68 bits per heavy atom. The summed E-state index contributed by atoms with van der Waals surface area (Å²) < 4.78 is 5.43. The van der Waals surface area contributed by atoms with Gasteiger partial charge in [-0.15, -0.1) is 0 Å². The number of ether oxygens (including phenoxy) is 1. The van der Waals surface area contributed by atoms with Gasteiger partial charge >= 0.3 is 0 Å². The average Bonchev–Trinajstić information content (AvgIpc) is 2.53. The van der Waals surface area contributed by atoms with E-state index in [1.54, 1.807) is 12.1 Å². The van der Waals surface area contributed by atoms with Crippen molar-refractivity contribution in [2.45, 2.75) is 13.8 Å². The highest BCUT2D eigenvalue weighted by atomic mass is 35.5. The predicted molar refractivity (Wildman–Crippen MR) is 99.5 cm³/mol. The number of benzene rings is 2. The molecule has 0 unspecified atom stereocenters. The number of hydrogen-bond donors (Lipinski definition) is 2. The normalized spacial score (nSPS) is 10.2. The molecule has 0 saturated carbocycles. The number of carbonyl (C=O) groups excluding carboxylic acids is 2. The number of aryl methyl sites for hydroxylation is 2. The van der Waals surface area contributed by atoms with E-state index in [2.05, 4.69) is 10.6 Å². The molecule has 0 aromatic heterocycles. The van der Waals surface area contributed by atoms with Crippen molar-refractivity contribution in [2.75, 3.05) is 18.5 Å². The highest BCUT2D eigenvalue weighted by Crippen LogP contribution is 2.25. The molecule has 0 heterocycles. The number of halogens is 2. The number of amides is 2. The first kappa shape index (κ1) is 19.1. The molecule has 0 aliphatic rings. The van der Waals surface area contributed by atoms with Crippen LogP contribution in [0.4, 0.5) is 5.69 Å². The van der Waals surface area contributed by atoms with Crippen LogP contribution >= 0.6 is 23.2 Å². The van der Waals surface area contributed by atoms with E-state index in [9.17, 15) is 9.59 Å². The van der Waals surface area contributed by atoms with Crippen molar-refractivity contribution < 1.29 is 14.3 Å². The van der Waals surface area contributed by atoms with Gasteiger partial charge in [0.2, 0.25) is 5.91 Å². The third-order valence-corrected chi connectivity index (χ3v) is 3.78. The van der Waals surface area contributed by atoms with Crippen molar-refractivity contribution in [1.29, 1.82) is 0 Å². The van der Waals surface area contributed by atoms with E-state index in [-0.39, 0.29) is 13.2 Å². The van der Waals surface area contributed by atoms with Crippen LogP contribution in [0.2, 0.25) is 10.0 Å². The fourth-order valence-corrected chi connectivity index (χ4v) is 2.52. The topological polar surface area (TPSA) is 67.4 Å². The van der Waals surface area contributed by atoms with Crippen molar-refractivity contribution in [2.24, 2.45) is 0 Å². The third-order valence-electron chi connectivity index (χ3n) is 3.21. The van der Waals surface area contributed by atoms with Crippen LogP contribution < -0.4 is 15.4 Å². The summed E-state index contributed by atoms with van der Waals surface area (Å²) in [5.74, 6) is -0.196. The van der Waals surface area contributed by atoms with Gasteiger partial charge in [0.25, 0.3) is 5.91 Å². The Kier molecular flexibility index (Phi) is 6.67. The molecule has 2 N–H and O–H groups in total. The standard InChI is InChI=1S/C18H18Cl2N2O3/c1-11-5-12(2)7-14(6-11)25-10-18(24)21-9-17(23)22-16-8-13(19)3-4-15(16)20/h3-8H,9-10H2,1-2H3,(H,21,24)(H,22,23). The van der Waals surface area contributed by atoms with Crippen LogP contribution in [0.25, 0.3) is 0 Å². The van der Waals surface area contributed by atoms with Crippen LogP contribution in [0.3, 0.4) is 0 Å². The van der Waals surface area contributed by atoms with Gasteiger partial charge in [-0.25, -0.2) is 0 Å². The second kappa shape index (κ2) is 8.74. The molecule has 2 rings (SSSR count). The van der Waals surface area contributed by atoms with E-state index in [0.717, 1.165) is 11.1 Å². The van der Waals surface area contributed by atoms with Crippen molar-refractivity contribution in [3.63, 3.8) is 0 Å². The summed E-state index contributed by atoms with van der Waals surface area (Å²) in [6.07, 6.45) is 0. The Morgan fingerprint density at radius 3 is 2.36 bits per heavy atom. The zero-order valence-electron chi connectivity index (χ0n) is 13.9. The van der Waals surface area contributed by atoms with E-state index < -0.39 is 11.8 Å². The van der Waals surface area contributed by atoms with E-state index in [4.69, 9.17) is 27.9 Å². The van der Waals surface area contributed by atoms with Crippen LogP contribution in [-0.4, -0.2) is 25.0 Å². The largest absolute Gasteiger partial charge is 0.484 e. The molecule has 5 nitrogen and oxygen atoms in total. The Hall–Kier alpha value is -2.24. The van der Waals surface area contributed by atoms with Gasteiger partial charge in [0.1, 0.15) is 5.75 Å². The van der Waals surface area contributed by atoms with Crippen molar-refractivity contribution in [1.82, 2.24) is 5.32 Å². The zero-order chi connectivity index (χ0) is 18.4. The molecule has 0 spiro atoms. The number of nitrogens with one attached hydrogen (secondary N) is 2. The Labute approximate surface area is 156 Å². The number of hydrogen-bond acceptors (Lipinski definition) is 3. The van der Waals surface area contributed by atoms with Gasteiger partial charge in [-0.3, -0.25) is 9.59 Å². The second-order valence-corrected chi connectivity index (χ2v) is 6.40. The molecule has 2 aromatic carbocycles. The van der Waals surface area contributed by atoms with Gasteiger partial charge in [-0.05, 0) is 55.3 Å². The fraction of sp³-hybridized carbons (Fsp3) is 0.222. The minimum Gasteiger partial charge on any atom is -0.484 e. The SMILES string of the molecule is Cc1cc(C)cc(OCC(=O)NCC(=O)Nc2cc(Cl)ccc2Cl)c1. The first-order chi connectivity index (χ1) is 11.8. The maximum atomic E-state index is 11.9. The lowest BCUT2D eigenvalue weighted by molar-refractivity contribution is -0.125. The molecule has 25 heavy (non-hydrogen) atoms. The lowest BCUT2D eigenvalue weighted by Gasteiger charge is -2.10. The second-order valence-electron chi connectivity index (χ2n) is 5.56. The summed E-state index contributed by atoms with van der Waals surface area (Å²) in [5.41, 5.74) is 2.49. The quantitative estimate of drug-likeness (QED) is 0.801. The minimum atomic E-state index is -0.413. The maximum absolute atomic E-state index is 11.9. The number of carbonyl (C=O) groups is 2. The van der Waals surface area contributed by atoms with Gasteiger partial charge in [-0.1, -0.05) is 29.3 Å². The van der Waals surface area contributed by atoms with E-state index in [1.807, 2.05) is 32.0 Å². The van der Waals surface area contributed by atoms with Gasteiger partial charge in [-0.2, -0.15) is 0 Å². The number of anilines is 1. The van der Waals surface area contributed by atoms with Crippen molar-refractivity contribution in [3.05, 3.63) is 57.6 Å². The van der Waals surface area contributed by atoms with Crippen LogP contribution in [0, 0.1) is 13.8 Å². The summed E-state index contributed by atoms with van der Waals surface area (Å²) in [6.45, 7) is 3.53. The molecule has 0 bridgehead atoms. The molecule has 132 valence electrons. The Morgan fingerprint density at radius 1 is 1.00 bits per heavy atom. The summed E-state index contributed by atoms with van der Waals surface area (Å²) in [7, 11) is 0. The summed E-state index contributed by atoms with van der Waals surface area (Å²) >= 11 is 11.8. The van der Waals surface area contributed by atoms with Gasteiger partial charge in [0, 0.05) is 5.02 Å². The minimum absolute atomic E-state index is 0.173. The number of rotatable bonds is 6. The molecule has 2 amide bonds.